The van der Waals surface area contributed by atoms with Crippen molar-refractivity contribution in [1.82, 2.24) is 15.3 Å². The molecule has 1 unspecified atom stereocenters. The first-order valence-electron chi connectivity index (χ1n) is 9.84. The summed E-state index contributed by atoms with van der Waals surface area (Å²) in [6.07, 6.45) is 7.80. The fourth-order valence-electron chi connectivity index (χ4n) is 3.24. The standard InChI is InChI=1S/C23H28FN3/c1-2-3-4-8-11-21(25-16-18-9-6-5-7-10-18)23-26-17-22(27-23)19-12-14-20(24)15-13-19/h5-7,9-10,12-15,17,21,25H,2-4,8,11,16H2,1H3,(H,26,27). The van der Waals surface area contributed by atoms with E-state index < -0.39 is 0 Å². The Bertz CT molecular complexity index is 796. The number of imidazole rings is 1. The Labute approximate surface area is 161 Å². The highest BCUT2D eigenvalue weighted by atomic mass is 19.1. The number of rotatable bonds is 10. The Kier molecular flexibility index (Phi) is 7.17. The molecular formula is C23H28FN3. The average Bonchev–Trinajstić information content (AvgIpc) is 3.19. The summed E-state index contributed by atoms with van der Waals surface area (Å²) in [6, 6.07) is 17.1. The van der Waals surface area contributed by atoms with Gasteiger partial charge in [-0.1, -0.05) is 62.9 Å². The molecule has 0 aliphatic carbocycles. The van der Waals surface area contributed by atoms with Crippen LogP contribution in [-0.4, -0.2) is 9.97 Å². The van der Waals surface area contributed by atoms with Gasteiger partial charge in [-0.3, -0.25) is 0 Å². The molecule has 3 aromatic rings. The number of nitrogens with zero attached hydrogens (tertiary/aromatic N) is 1. The van der Waals surface area contributed by atoms with Gasteiger partial charge >= 0.3 is 0 Å². The number of hydrogen-bond acceptors (Lipinski definition) is 2. The second kappa shape index (κ2) is 10.0. The molecule has 0 amide bonds. The quantitative estimate of drug-likeness (QED) is 0.432. The van der Waals surface area contributed by atoms with Crippen molar-refractivity contribution in [3.8, 4) is 11.3 Å². The van der Waals surface area contributed by atoms with Gasteiger partial charge in [0.25, 0.3) is 0 Å². The molecule has 0 radical (unpaired) electrons. The minimum Gasteiger partial charge on any atom is -0.341 e. The molecule has 0 fully saturated rings. The van der Waals surface area contributed by atoms with E-state index >= 15 is 0 Å². The van der Waals surface area contributed by atoms with Crippen LogP contribution in [0.15, 0.2) is 60.8 Å². The topological polar surface area (TPSA) is 40.7 Å². The van der Waals surface area contributed by atoms with Gasteiger partial charge in [0.05, 0.1) is 17.9 Å². The number of halogens is 1. The van der Waals surface area contributed by atoms with Gasteiger partial charge in [0.15, 0.2) is 0 Å². The summed E-state index contributed by atoms with van der Waals surface area (Å²) in [6.45, 7) is 3.04. The highest BCUT2D eigenvalue weighted by molar-refractivity contribution is 5.58. The number of aromatic amines is 1. The Hall–Kier alpha value is -2.46. The summed E-state index contributed by atoms with van der Waals surface area (Å²) < 4.78 is 13.2. The molecule has 1 atom stereocenters. The van der Waals surface area contributed by atoms with Crippen molar-refractivity contribution in [3.63, 3.8) is 0 Å². The summed E-state index contributed by atoms with van der Waals surface area (Å²) in [5.41, 5.74) is 3.13. The molecule has 3 nitrogen and oxygen atoms in total. The largest absolute Gasteiger partial charge is 0.341 e. The number of unbranched alkanes of at least 4 members (excludes halogenated alkanes) is 3. The zero-order valence-corrected chi connectivity index (χ0v) is 15.9. The minimum atomic E-state index is -0.225. The smallest absolute Gasteiger partial charge is 0.123 e. The van der Waals surface area contributed by atoms with Crippen molar-refractivity contribution >= 4 is 0 Å². The van der Waals surface area contributed by atoms with Gasteiger partial charge in [0.2, 0.25) is 0 Å². The summed E-state index contributed by atoms with van der Waals surface area (Å²) in [5, 5.41) is 3.65. The number of nitrogens with one attached hydrogen (secondary N) is 2. The molecule has 0 aliphatic rings. The number of benzene rings is 2. The lowest BCUT2D eigenvalue weighted by atomic mass is 10.1. The third kappa shape index (κ3) is 5.76. The van der Waals surface area contributed by atoms with Gasteiger partial charge in [0, 0.05) is 6.54 Å². The molecular weight excluding hydrogens is 337 g/mol. The van der Waals surface area contributed by atoms with Crippen LogP contribution in [0.3, 0.4) is 0 Å². The van der Waals surface area contributed by atoms with Crippen LogP contribution in [0.4, 0.5) is 4.39 Å². The van der Waals surface area contributed by atoms with Crippen LogP contribution in [0.2, 0.25) is 0 Å². The molecule has 0 spiro atoms. The van der Waals surface area contributed by atoms with Crippen molar-refractivity contribution in [1.29, 1.82) is 0 Å². The molecule has 142 valence electrons. The van der Waals surface area contributed by atoms with Gasteiger partial charge in [-0.15, -0.1) is 0 Å². The van der Waals surface area contributed by atoms with E-state index in [-0.39, 0.29) is 11.9 Å². The Balaban J connectivity index is 1.70. The Morgan fingerprint density at radius 2 is 1.78 bits per heavy atom. The first-order valence-corrected chi connectivity index (χ1v) is 9.84. The summed E-state index contributed by atoms with van der Waals surface area (Å²) in [4.78, 5) is 8.04. The first kappa shape index (κ1) is 19.3. The second-order valence-electron chi connectivity index (χ2n) is 6.96. The maximum Gasteiger partial charge on any atom is 0.123 e. The van der Waals surface area contributed by atoms with Crippen molar-refractivity contribution in [2.24, 2.45) is 0 Å². The highest BCUT2D eigenvalue weighted by Gasteiger charge is 2.15. The zero-order chi connectivity index (χ0) is 18.9. The fraction of sp³-hybridized carbons (Fsp3) is 0.348. The van der Waals surface area contributed by atoms with Crippen molar-refractivity contribution < 1.29 is 4.39 Å². The van der Waals surface area contributed by atoms with E-state index in [1.165, 1.54) is 43.4 Å². The van der Waals surface area contributed by atoms with Gasteiger partial charge < -0.3 is 10.3 Å². The van der Waals surface area contributed by atoms with Crippen LogP contribution in [0, 0.1) is 5.82 Å². The molecule has 1 aromatic heterocycles. The molecule has 0 saturated heterocycles. The molecule has 27 heavy (non-hydrogen) atoms. The zero-order valence-electron chi connectivity index (χ0n) is 15.9. The third-order valence-corrected chi connectivity index (χ3v) is 4.82. The summed E-state index contributed by atoms with van der Waals surface area (Å²) in [5.74, 6) is 0.721. The van der Waals surface area contributed by atoms with E-state index in [9.17, 15) is 4.39 Å². The second-order valence-corrected chi connectivity index (χ2v) is 6.96. The van der Waals surface area contributed by atoms with Crippen molar-refractivity contribution in [2.45, 2.75) is 51.6 Å². The van der Waals surface area contributed by atoms with Crippen LogP contribution in [-0.2, 0) is 6.54 Å². The lowest BCUT2D eigenvalue weighted by molar-refractivity contribution is 0.453. The van der Waals surface area contributed by atoms with Gasteiger partial charge in [0.1, 0.15) is 11.6 Å². The van der Waals surface area contributed by atoms with Crippen LogP contribution >= 0.6 is 0 Å². The van der Waals surface area contributed by atoms with Crippen LogP contribution in [0.1, 0.15) is 56.5 Å². The fourth-order valence-corrected chi connectivity index (χ4v) is 3.24. The molecule has 3 rings (SSSR count). The number of H-pyrrole nitrogens is 1. The predicted octanol–water partition coefficient (Wildman–Crippen LogP) is 6.02. The highest BCUT2D eigenvalue weighted by Crippen LogP contribution is 2.23. The lowest BCUT2D eigenvalue weighted by Gasteiger charge is -2.17. The maximum atomic E-state index is 13.2. The number of hydrogen-bond donors (Lipinski definition) is 2. The van der Waals surface area contributed by atoms with Crippen molar-refractivity contribution in [3.05, 3.63) is 78.0 Å². The first-order chi connectivity index (χ1) is 13.3. The van der Waals surface area contributed by atoms with E-state index in [1.54, 1.807) is 12.1 Å². The monoisotopic (exact) mass is 365 g/mol. The van der Waals surface area contributed by atoms with Gasteiger partial charge in [-0.25, -0.2) is 9.37 Å². The molecule has 0 saturated carbocycles. The molecule has 0 aliphatic heterocycles. The Morgan fingerprint density at radius 3 is 2.52 bits per heavy atom. The lowest BCUT2D eigenvalue weighted by Crippen LogP contribution is -2.22. The SMILES string of the molecule is CCCCCCC(NCc1ccccc1)c1ncc(-c2ccc(F)cc2)[nH]1. The van der Waals surface area contributed by atoms with E-state index in [0.29, 0.717) is 0 Å². The maximum absolute atomic E-state index is 13.2. The Morgan fingerprint density at radius 1 is 1.00 bits per heavy atom. The normalized spacial score (nSPS) is 12.2. The van der Waals surface area contributed by atoms with Crippen LogP contribution in [0.5, 0.6) is 0 Å². The van der Waals surface area contributed by atoms with E-state index in [2.05, 4.69) is 46.5 Å². The molecule has 0 bridgehead atoms. The average molecular weight is 365 g/mol. The van der Waals surface area contributed by atoms with E-state index in [1.807, 2.05) is 12.3 Å². The molecule has 4 heteroatoms. The molecule has 1 heterocycles. The third-order valence-electron chi connectivity index (χ3n) is 4.82. The minimum absolute atomic E-state index is 0.177. The summed E-state index contributed by atoms with van der Waals surface area (Å²) >= 11 is 0. The molecule has 2 N–H and O–H groups in total. The van der Waals surface area contributed by atoms with Gasteiger partial charge in [-0.05, 0) is 41.8 Å². The van der Waals surface area contributed by atoms with Crippen LogP contribution < -0.4 is 5.32 Å². The van der Waals surface area contributed by atoms with Gasteiger partial charge in [-0.2, -0.15) is 0 Å². The van der Waals surface area contributed by atoms with Crippen molar-refractivity contribution in [2.75, 3.05) is 0 Å². The summed E-state index contributed by atoms with van der Waals surface area (Å²) in [7, 11) is 0. The molecule has 2 aromatic carbocycles. The van der Waals surface area contributed by atoms with E-state index in [4.69, 9.17) is 0 Å². The number of aromatic nitrogens is 2. The van der Waals surface area contributed by atoms with E-state index in [0.717, 1.165) is 30.0 Å². The predicted molar refractivity (Wildman–Crippen MR) is 109 cm³/mol. The van der Waals surface area contributed by atoms with Crippen LogP contribution in [0.25, 0.3) is 11.3 Å².